The van der Waals surface area contributed by atoms with Crippen LogP contribution in [0.4, 0.5) is 0 Å². The first-order valence-electron chi connectivity index (χ1n) is 7.33. The van der Waals surface area contributed by atoms with Crippen LogP contribution in [0.3, 0.4) is 0 Å². The number of carbonyl (C=O) groups excluding carboxylic acids is 1. The Labute approximate surface area is 126 Å². The van der Waals surface area contributed by atoms with Crippen molar-refractivity contribution in [2.24, 2.45) is 0 Å². The normalized spacial score (nSPS) is 13.8. The van der Waals surface area contributed by atoms with Crippen LogP contribution in [0.15, 0.2) is 29.2 Å². The number of hydrogen-bond donors (Lipinski definition) is 2. The Morgan fingerprint density at radius 1 is 1.30 bits per heavy atom. The number of hydrogen-bond acceptors (Lipinski definition) is 3. The van der Waals surface area contributed by atoms with E-state index < -0.39 is 0 Å². The molecule has 0 spiro atoms. The highest BCUT2D eigenvalue weighted by atomic mass is 32.2. The zero-order chi connectivity index (χ0) is 15.0. The van der Waals surface area contributed by atoms with Gasteiger partial charge >= 0.3 is 0 Å². The summed E-state index contributed by atoms with van der Waals surface area (Å²) < 4.78 is 0. The lowest BCUT2D eigenvalue weighted by atomic mass is 10.2. The Morgan fingerprint density at radius 2 is 2.05 bits per heavy atom. The molecule has 2 N–H and O–H groups in total. The van der Waals surface area contributed by atoms with Crippen LogP contribution in [0.1, 0.15) is 39.7 Å². The lowest BCUT2D eigenvalue weighted by molar-refractivity contribution is -0.120. The van der Waals surface area contributed by atoms with E-state index in [9.17, 15) is 4.79 Å². The van der Waals surface area contributed by atoms with Crippen LogP contribution in [0.25, 0.3) is 0 Å². The van der Waals surface area contributed by atoms with Crippen molar-refractivity contribution in [1.82, 2.24) is 10.6 Å². The third-order valence-electron chi connectivity index (χ3n) is 3.16. The van der Waals surface area contributed by atoms with Crippen LogP contribution in [-0.2, 0) is 11.3 Å². The van der Waals surface area contributed by atoms with Gasteiger partial charge in [-0.25, -0.2) is 0 Å². The molecule has 1 rings (SSSR count). The van der Waals surface area contributed by atoms with Gasteiger partial charge in [-0.1, -0.05) is 26.0 Å². The van der Waals surface area contributed by atoms with Crippen LogP contribution in [0.2, 0.25) is 0 Å². The lowest BCUT2D eigenvalue weighted by Crippen LogP contribution is -2.37. The first kappa shape index (κ1) is 17.1. The standard InChI is InChI=1S/C16H26N2OS/c1-5-12(3)18-16(19)13(4)20-15-9-7-8-14(10-15)11-17-6-2/h7-10,12-13,17H,5-6,11H2,1-4H3,(H,18,19). The van der Waals surface area contributed by atoms with Gasteiger partial charge in [0, 0.05) is 17.5 Å². The predicted octanol–water partition coefficient (Wildman–Crippen LogP) is 3.19. The summed E-state index contributed by atoms with van der Waals surface area (Å²) in [4.78, 5) is 13.2. The monoisotopic (exact) mass is 294 g/mol. The van der Waals surface area contributed by atoms with E-state index >= 15 is 0 Å². The molecule has 2 atom stereocenters. The number of carbonyl (C=O) groups is 1. The number of thioether (sulfide) groups is 1. The topological polar surface area (TPSA) is 41.1 Å². The van der Waals surface area contributed by atoms with Gasteiger partial charge in [-0.3, -0.25) is 4.79 Å². The van der Waals surface area contributed by atoms with Crippen molar-refractivity contribution in [3.05, 3.63) is 29.8 Å². The van der Waals surface area contributed by atoms with E-state index in [2.05, 4.69) is 42.7 Å². The summed E-state index contributed by atoms with van der Waals surface area (Å²) in [7, 11) is 0. The Bertz CT molecular complexity index is 423. The van der Waals surface area contributed by atoms with E-state index in [0.717, 1.165) is 24.4 Å². The van der Waals surface area contributed by atoms with Crippen LogP contribution in [-0.4, -0.2) is 23.7 Å². The molecule has 20 heavy (non-hydrogen) atoms. The van der Waals surface area contributed by atoms with E-state index in [4.69, 9.17) is 0 Å². The second-order valence-electron chi connectivity index (χ2n) is 5.01. The number of amides is 1. The minimum atomic E-state index is -0.0709. The van der Waals surface area contributed by atoms with Crippen molar-refractivity contribution in [3.8, 4) is 0 Å². The molecule has 0 aliphatic carbocycles. The van der Waals surface area contributed by atoms with Gasteiger partial charge in [0.2, 0.25) is 5.91 Å². The van der Waals surface area contributed by atoms with Gasteiger partial charge in [0.1, 0.15) is 0 Å². The average molecular weight is 294 g/mol. The summed E-state index contributed by atoms with van der Waals surface area (Å²) in [5.74, 6) is 0.112. The summed E-state index contributed by atoms with van der Waals surface area (Å²) in [5, 5.41) is 6.27. The van der Waals surface area contributed by atoms with E-state index in [-0.39, 0.29) is 17.2 Å². The highest BCUT2D eigenvalue weighted by Crippen LogP contribution is 2.24. The van der Waals surface area contributed by atoms with Crippen molar-refractivity contribution in [2.75, 3.05) is 6.54 Å². The molecule has 3 nitrogen and oxygen atoms in total. The van der Waals surface area contributed by atoms with Gasteiger partial charge in [-0.2, -0.15) is 0 Å². The SMILES string of the molecule is CCNCc1cccc(SC(C)C(=O)NC(C)CC)c1. The molecule has 0 fully saturated rings. The van der Waals surface area contributed by atoms with Crippen molar-refractivity contribution in [2.45, 2.75) is 56.8 Å². The Kier molecular flexibility index (Phi) is 7.70. The second-order valence-corrected chi connectivity index (χ2v) is 6.42. The fourth-order valence-electron chi connectivity index (χ4n) is 1.72. The number of benzene rings is 1. The fourth-order valence-corrected chi connectivity index (χ4v) is 2.68. The third-order valence-corrected chi connectivity index (χ3v) is 4.25. The molecule has 0 aliphatic heterocycles. The third kappa shape index (κ3) is 5.97. The predicted molar refractivity (Wildman–Crippen MR) is 87.0 cm³/mol. The van der Waals surface area contributed by atoms with E-state index in [1.165, 1.54) is 5.56 Å². The maximum atomic E-state index is 12.0. The van der Waals surface area contributed by atoms with Gasteiger partial charge in [0.15, 0.2) is 0 Å². The largest absolute Gasteiger partial charge is 0.353 e. The molecule has 2 unspecified atom stereocenters. The maximum Gasteiger partial charge on any atom is 0.233 e. The molecule has 0 radical (unpaired) electrons. The highest BCUT2D eigenvalue weighted by Gasteiger charge is 2.15. The molecule has 0 heterocycles. The number of rotatable bonds is 8. The second kappa shape index (κ2) is 9.03. The molecule has 1 aromatic carbocycles. The molecule has 0 saturated heterocycles. The summed E-state index contributed by atoms with van der Waals surface area (Å²) in [6, 6.07) is 8.61. The smallest absolute Gasteiger partial charge is 0.233 e. The van der Waals surface area contributed by atoms with Crippen LogP contribution >= 0.6 is 11.8 Å². The molecular weight excluding hydrogens is 268 g/mol. The highest BCUT2D eigenvalue weighted by molar-refractivity contribution is 8.00. The van der Waals surface area contributed by atoms with Crippen molar-refractivity contribution in [3.63, 3.8) is 0 Å². The quantitative estimate of drug-likeness (QED) is 0.724. The molecule has 0 bridgehead atoms. The number of nitrogens with one attached hydrogen (secondary N) is 2. The van der Waals surface area contributed by atoms with Crippen LogP contribution < -0.4 is 10.6 Å². The van der Waals surface area contributed by atoms with Crippen molar-refractivity contribution >= 4 is 17.7 Å². The van der Waals surface area contributed by atoms with E-state index in [1.807, 2.05) is 19.9 Å². The fraction of sp³-hybridized carbons (Fsp3) is 0.562. The summed E-state index contributed by atoms with van der Waals surface area (Å²) in [6.07, 6.45) is 0.960. The zero-order valence-electron chi connectivity index (χ0n) is 12.9. The van der Waals surface area contributed by atoms with Crippen molar-refractivity contribution < 1.29 is 4.79 Å². The molecule has 1 aromatic rings. The van der Waals surface area contributed by atoms with Gasteiger partial charge in [-0.15, -0.1) is 11.8 Å². The minimum absolute atomic E-state index is 0.0709. The summed E-state index contributed by atoms with van der Waals surface area (Å²) in [6.45, 7) is 10.0. The Hall–Kier alpha value is -1.00. The first-order valence-corrected chi connectivity index (χ1v) is 8.21. The molecule has 0 aromatic heterocycles. The summed E-state index contributed by atoms with van der Waals surface area (Å²) >= 11 is 1.61. The van der Waals surface area contributed by atoms with E-state index in [0.29, 0.717) is 0 Å². The first-order chi connectivity index (χ1) is 9.56. The molecule has 4 heteroatoms. The average Bonchev–Trinajstić information content (AvgIpc) is 2.45. The van der Waals surface area contributed by atoms with Crippen LogP contribution in [0.5, 0.6) is 0 Å². The summed E-state index contributed by atoms with van der Waals surface area (Å²) in [5.41, 5.74) is 1.26. The van der Waals surface area contributed by atoms with Gasteiger partial charge in [-0.05, 0) is 44.5 Å². The van der Waals surface area contributed by atoms with Gasteiger partial charge in [0.25, 0.3) is 0 Å². The molecule has 0 saturated carbocycles. The lowest BCUT2D eigenvalue weighted by Gasteiger charge is -2.16. The van der Waals surface area contributed by atoms with Crippen LogP contribution in [0, 0.1) is 0 Å². The Morgan fingerprint density at radius 3 is 2.70 bits per heavy atom. The van der Waals surface area contributed by atoms with Gasteiger partial charge in [0.05, 0.1) is 5.25 Å². The van der Waals surface area contributed by atoms with Gasteiger partial charge < -0.3 is 10.6 Å². The zero-order valence-corrected chi connectivity index (χ0v) is 13.7. The maximum absolute atomic E-state index is 12.0. The minimum Gasteiger partial charge on any atom is -0.353 e. The molecular formula is C16H26N2OS. The molecule has 112 valence electrons. The molecule has 0 aliphatic rings. The Balaban J connectivity index is 2.56. The van der Waals surface area contributed by atoms with Crippen molar-refractivity contribution in [1.29, 1.82) is 0 Å². The molecule has 1 amide bonds. The van der Waals surface area contributed by atoms with E-state index in [1.54, 1.807) is 11.8 Å².